The molecule has 2 aromatic carbocycles. The summed E-state index contributed by atoms with van der Waals surface area (Å²) >= 11 is 0. The fourth-order valence-electron chi connectivity index (χ4n) is 2.00. The maximum atomic E-state index is 12.2. The molecule has 3 aromatic rings. The summed E-state index contributed by atoms with van der Waals surface area (Å²) in [6, 6.07) is 16.0. The predicted molar refractivity (Wildman–Crippen MR) is 93.1 cm³/mol. The minimum Gasteiger partial charge on any atom is -0.366 e. The van der Waals surface area contributed by atoms with Crippen LogP contribution in [0.4, 0.5) is 11.6 Å². The first-order chi connectivity index (χ1) is 12.0. The molecule has 7 nitrogen and oxygen atoms in total. The summed E-state index contributed by atoms with van der Waals surface area (Å²) in [5.41, 5.74) is 0.985. The van der Waals surface area contributed by atoms with Gasteiger partial charge in [0.25, 0.3) is 5.91 Å². The number of nitrogens with zero attached hydrogens (tertiary/aromatic N) is 3. The summed E-state index contributed by atoms with van der Waals surface area (Å²) in [6.45, 7) is 0. The molecule has 0 bridgehead atoms. The molecule has 3 rings (SSSR count). The Labute approximate surface area is 144 Å². The highest BCUT2D eigenvalue weighted by Gasteiger charge is 2.12. The molecule has 1 aromatic heterocycles. The normalized spacial score (nSPS) is 10.9. The lowest BCUT2D eigenvalue weighted by Crippen LogP contribution is -2.11. The molecule has 126 valence electrons. The molecule has 1 heterocycles. The Morgan fingerprint density at radius 3 is 2.16 bits per heavy atom. The summed E-state index contributed by atoms with van der Waals surface area (Å²) in [4.78, 5) is 19.6. The molecule has 0 aliphatic carbocycles. The van der Waals surface area contributed by atoms with Gasteiger partial charge in [-0.05, 0) is 48.8 Å². The Kier molecular flexibility index (Phi) is 4.71. The van der Waals surface area contributed by atoms with Gasteiger partial charge < -0.3 is 15.3 Å². The summed E-state index contributed by atoms with van der Waals surface area (Å²) in [6.07, 6.45) is 2.81. The largest absolute Gasteiger partial charge is 0.366 e. The highest BCUT2D eigenvalue weighted by molar-refractivity contribution is 7.94. The maximum Gasteiger partial charge on any atom is 0.255 e. The molecule has 0 aliphatic rings. The zero-order valence-corrected chi connectivity index (χ0v) is 13.7. The van der Waals surface area contributed by atoms with Gasteiger partial charge in [-0.15, -0.1) is 0 Å². The molecule has 0 atom stereocenters. The average molecular weight is 353 g/mol. The smallest absolute Gasteiger partial charge is 0.255 e. The van der Waals surface area contributed by atoms with Crippen LogP contribution in [0.15, 0.2) is 78.0 Å². The van der Waals surface area contributed by atoms with Crippen LogP contribution >= 0.6 is 0 Å². The van der Waals surface area contributed by atoms with Crippen molar-refractivity contribution in [3.8, 4) is 0 Å². The van der Waals surface area contributed by atoms with Crippen molar-refractivity contribution >= 4 is 27.6 Å². The van der Waals surface area contributed by atoms with Crippen molar-refractivity contribution in [2.45, 2.75) is 4.90 Å². The lowest BCUT2D eigenvalue weighted by Gasteiger charge is -2.12. The van der Waals surface area contributed by atoms with Crippen LogP contribution in [-0.2, 0) is 10.0 Å². The van der Waals surface area contributed by atoms with E-state index in [0.29, 0.717) is 11.3 Å². The van der Waals surface area contributed by atoms with E-state index in [1.165, 1.54) is 36.7 Å². The van der Waals surface area contributed by atoms with Crippen molar-refractivity contribution in [1.29, 1.82) is 0 Å². The SMILES string of the molecule is O=C(Nc1ccc(S(=O)(=O)[N-]c2ncccn2)cc1)c1ccccc1. The van der Waals surface area contributed by atoms with Gasteiger partial charge in [0.2, 0.25) is 10.0 Å². The number of amides is 1. The highest BCUT2D eigenvalue weighted by Crippen LogP contribution is 2.24. The Morgan fingerprint density at radius 2 is 1.52 bits per heavy atom. The van der Waals surface area contributed by atoms with Crippen molar-refractivity contribution in [2.75, 3.05) is 5.32 Å². The third-order valence-corrected chi connectivity index (χ3v) is 4.47. The second-order valence-electron chi connectivity index (χ2n) is 4.96. The van der Waals surface area contributed by atoms with Crippen LogP contribution in [-0.4, -0.2) is 24.3 Å². The molecule has 0 unspecified atom stereocenters. The van der Waals surface area contributed by atoms with E-state index in [4.69, 9.17) is 0 Å². The number of hydrogen-bond acceptors (Lipinski definition) is 5. The van der Waals surface area contributed by atoms with E-state index in [0.717, 1.165) is 0 Å². The van der Waals surface area contributed by atoms with E-state index in [1.807, 2.05) is 6.07 Å². The van der Waals surface area contributed by atoms with E-state index in [9.17, 15) is 13.2 Å². The third-order valence-electron chi connectivity index (χ3n) is 3.20. The van der Waals surface area contributed by atoms with Crippen molar-refractivity contribution < 1.29 is 13.2 Å². The maximum absolute atomic E-state index is 12.2. The number of carbonyl (C=O) groups is 1. The Bertz CT molecular complexity index is 960. The second kappa shape index (κ2) is 7.10. The molecule has 8 heteroatoms. The molecule has 25 heavy (non-hydrogen) atoms. The Balaban J connectivity index is 1.72. The molecule has 0 aliphatic heterocycles. The molecular formula is C17H13N4O3S-. The van der Waals surface area contributed by atoms with Crippen LogP contribution < -0.4 is 5.32 Å². The van der Waals surface area contributed by atoms with Crippen LogP contribution in [0.25, 0.3) is 4.72 Å². The number of benzene rings is 2. The summed E-state index contributed by atoms with van der Waals surface area (Å²) in [7, 11) is -3.92. The fraction of sp³-hybridized carbons (Fsp3) is 0. The van der Waals surface area contributed by atoms with E-state index in [1.54, 1.807) is 30.3 Å². The van der Waals surface area contributed by atoms with E-state index in [2.05, 4.69) is 20.0 Å². The minimum absolute atomic E-state index is 0.0161. The van der Waals surface area contributed by atoms with Crippen molar-refractivity contribution in [3.05, 3.63) is 83.3 Å². The van der Waals surface area contributed by atoms with Gasteiger partial charge in [0.05, 0.1) is 4.90 Å². The Morgan fingerprint density at radius 1 is 0.880 bits per heavy atom. The quantitative estimate of drug-likeness (QED) is 0.759. The lowest BCUT2D eigenvalue weighted by molar-refractivity contribution is 0.102. The number of nitrogens with one attached hydrogen (secondary N) is 1. The van der Waals surface area contributed by atoms with Gasteiger partial charge in [-0.3, -0.25) is 9.52 Å². The van der Waals surface area contributed by atoms with Crippen molar-refractivity contribution in [2.24, 2.45) is 0 Å². The first kappa shape index (κ1) is 16.6. The topological polar surface area (TPSA) is 103 Å². The summed E-state index contributed by atoms with van der Waals surface area (Å²) in [5.74, 6) is -0.414. The minimum atomic E-state index is -3.92. The van der Waals surface area contributed by atoms with E-state index in [-0.39, 0.29) is 16.8 Å². The van der Waals surface area contributed by atoms with Gasteiger partial charge in [0.1, 0.15) is 0 Å². The molecule has 0 radical (unpaired) electrons. The van der Waals surface area contributed by atoms with E-state index >= 15 is 0 Å². The van der Waals surface area contributed by atoms with Crippen LogP contribution in [0, 0.1) is 0 Å². The molecule has 1 N–H and O–H groups in total. The van der Waals surface area contributed by atoms with E-state index < -0.39 is 10.0 Å². The van der Waals surface area contributed by atoms with Gasteiger partial charge in [0, 0.05) is 17.2 Å². The van der Waals surface area contributed by atoms with Gasteiger partial charge in [-0.25, -0.2) is 8.42 Å². The molecule has 0 saturated carbocycles. The van der Waals surface area contributed by atoms with Crippen molar-refractivity contribution in [3.63, 3.8) is 0 Å². The van der Waals surface area contributed by atoms with Gasteiger partial charge in [0.15, 0.2) is 0 Å². The number of rotatable bonds is 5. The lowest BCUT2D eigenvalue weighted by atomic mass is 10.2. The number of anilines is 1. The molecule has 1 amide bonds. The second-order valence-corrected chi connectivity index (χ2v) is 6.56. The van der Waals surface area contributed by atoms with Crippen LogP contribution in [0.5, 0.6) is 0 Å². The predicted octanol–water partition coefficient (Wildman–Crippen LogP) is 3.12. The van der Waals surface area contributed by atoms with Crippen LogP contribution in [0.2, 0.25) is 0 Å². The first-order valence-electron chi connectivity index (χ1n) is 7.26. The Hall–Kier alpha value is -3.26. The van der Waals surface area contributed by atoms with Crippen LogP contribution in [0.3, 0.4) is 0 Å². The number of carbonyl (C=O) groups excluding carboxylic acids is 1. The fourth-order valence-corrected chi connectivity index (χ4v) is 2.90. The molecule has 0 fully saturated rings. The summed E-state index contributed by atoms with van der Waals surface area (Å²) < 4.78 is 28.0. The zero-order valence-electron chi connectivity index (χ0n) is 12.9. The summed E-state index contributed by atoms with van der Waals surface area (Å²) in [5, 5.41) is 2.70. The standard InChI is InChI=1S/C17H14N4O3S/c22-16(13-5-2-1-3-6-13)20-14-7-9-15(10-8-14)25(23,24)21-17-18-11-4-12-19-17/h1-12H,(H2,18,19,20,21,22)/p-1. The zero-order chi connectivity index (χ0) is 17.7. The average Bonchev–Trinajstić information content (AvgIpc) is 2.63. The molecular weight excluding hydrogens is 340 g/mol. The molecule has 0 saturated heterocycles. The highest BCUT2D eigenvalue weighted by atomic mass is 32.2. The molecule has 0 spiro atoms. The monoisotopic (exact) mass is 353 g/mol. The third kappa shape index (κ3) is 4.18. The first-order valence-corrected chi connectivity index (χ1v) is 8.70. The number of sulfonamides is 1. The van der Waals surface area contributed by atoms with Crippen molar-refractivity contribution in [1.82, 2.24) is 9.97 Å². The number of aromatic nitrogens is 2. The van der Waals surface area contributed by atoms with Gasteiger partial charge in [-0.1, -0.05) is 24.3 Å². The number of hydrogen-bond donors (Lipinski definition) is 1. The van der Waals surface area contributed by atoms with Gasteiger partial charge >= 0.3 is 0 Å². The van der Waals surface area contributed by atoms with Crippen LogP contribution in [0.1, 0.15) is 10.4 Å². The van der Waals surface area contributed by atoms with Gasteiger partial charge in [-0.2, -0.15) is 0 Å².